The van der Waals surface area contributed by atoms with Gasteiger partial charge >= 0.3 is 0 Å². The minimum absolute atomic E-state index is 0.00540. The maximum absolute atomic E-state index is 12.4. The largest absolute Gasteiger partial charge is 0.343 e. The number of amides is 2. The standard InChI is InChI=1S/C21H26N2O2/c1-4-23(15-17-8-6-5-7-9-17)20(24)14-22-21(25)19-12-10-18(11-13-19)16(2)3/h5-13,16H,4,14-15H2,1-3H3,(H,22,25). The fraction of sp³-hybridized carbons (Fsp3) is 0.333. The van der Waals surface area contributed by atoms with Gasteiger partial charge in [-0.15, -0.1) is 0 Å². The monoisotopic (exact) mass is 338 g/mol. The Bertz CT molecular complexity index is 694. The number of carbonyl (C=O) groups excluding carboxylic acids is 2. The highest BCUT2D eigenvalue weighted by Crippen LogP contribution is 2.14. The normalized spacial score (nSPS) is 10.6. The second-order valence-corrected chi connectivity index (χ2v) is 6.35. The Morgan fingerprint density at radius 3 is 2.20 bits per heavy atom. The van der Waals surface area contributed by atoms with E-state index in [9.17, 15) is 9.59 Å². The summed E-state index contributed by atoms with van der Waals surface area (Å²) in [6.07, 6.45) is 0. The zero-order chi connectivity index (χ0) is 18.2. The summed E-state index contributed by atoms with van der Waals surface area (Å²) in [6, 6.07) is 17.4. The van der Waals surface area contributed by atoms with Gasteiger partial charge < -0.3 is 10.2 Å². The van der Waals surface area contributed by atoms with Crippen LogP contribution in [-0.2, 0) is 11.3 Å². The Labute approximate surface area is 149 Å². The van der Waals surface area contributed by atoms with Crippen LogP contribution in [0.1, 0.15) is 48.2 Å². The first-order valence-electron chi connectivity index (χ1n) is 8.71. The Hall–Kier alpha value is -2.62. The molecular weight excluding hydrogens is 312 g/mol. The van der Waals surface area contributed by atoms with Crippen molar-refractivity contribution in [2.75, 3.05) is 13.1 Å². The van der Waals surface area contributed by atoms with Gasteiger partial charge in [-0.05, 0) is 36.1 Å². The molecule has 2 amide bonds. The van der Waals surface area contributed by atoms with Gasteiger partial charge in [-0.3, -0.25) is 9.59 Å². The quantitative estimate of drug-likeness (QED) is 0.839. The molecule has 0 heterocycles. The van der Waals surface area contributed by atoms with E-state index in [1.165, 1.54) is 5.56 Å². The van der Waals surface area contributed by atoms with Crippen molar-refractivity contribution in [3.8, 4) is 0 Å². The average molecular weight is 338 g/mol. The minimum atomic E-state index is -0.223. The minimum Gasteiger partial charge on any atom is -0.343 e. The SMILES string of the molecule is CCN(Cc1ccccc1)C(=O)CNC(=O)c1ccc(C(C)C)cc1. The first kappa shape index (κ1) is 18.7. The second-order valence-electron chi connectivity index (χ2n) is 6.35. The molecule has 0 unspecified atom stereocenters. The molecule has 25 heavy (non-hydrogen) atoms. The molecule has 4 heteroatoms. The summed E-state index contributed by atoms with van der Waals surface area (Å²) in [7, 11) is 0. The zero-order valence-electron chi connectivity index (χ0n) is 15.2. The summed E-state index contributed by atoms with van der Waals surface area (Å²) >= 11 is 0. The van der Waals surface area contributed by atoms with Crippen molar-refractivity contribution in [3.05, 3.63) is 71.3 Å². The van der Waals surface area contributed by atoms with Gasteiger partial charge in [0.25, 0.3) is 5.91 Å². The Morgan fingerprint density at radius 1 is 1.00 bits per heavy atom. The molecule has 2 aromatic carbocycles. The lowest BCUT2D eigenvalue weighted by Crippen LogP contribution is -2.39. The highest BCUT2D eigenvalue weighted by Gasteiger charge is 2.14. The van der Waals surface area contributed by atoms with Crippen molar-refractivity contribution in [1.29, 1.82) is 0 Å². The van der Waals surface area contributed by atoms with Crippen LogP contribution >= 0.6 is 0 Å². The number of nitrogens with zero attached hydrogens (tertiary/aromatic N) is 1. The van der Waals surface area contributed by atoms with Crippen LogP contribution in [-0.4, -0.2) is 29.8 Å². The van der Waals surface area contributed by atoms with Gasteiger partial charge in [0.2, 0.25) is 5.91 Å². The molecule has 0 fully saturated rings. The van der Waals surface area contributed by atoms with Crippen molar-refractivity contribution in [2.45, 2.75) is 33.2 Å². The van der Waals surface area contributed by atoms with E-state index in [0.717, 1.165) is 5.56 Å². The first-order valence-corrected chi connectivity index (χ1v) is 8.71. The van der Waals surface area contributed by atoms with Crippen LogP contribution in [0.25, 0.3) is 0 Å². The summed E-state index contributed by atoms with van der Waals surface area (Å²) in [5, 5.41) is 2.72. The van der Waals surface area contributed by atoms with E-state index < -0.39 is 0 Å². The molecule has 4 nitrogen and oxygen atoms in total. The lowest BCUT2D eigenvalue weighted by molar-refractivity contribution is -0.130. The lowest BCUT2D eigenvalue weighted by Gasteiger charge is -2.21. The van der Waals surface area contributed by atoms with Crippen molar-refractivity contribution in [2.24, 2.45) is 0 Å². The zero-order valence-corrected chi connectivity index (χ0v) is 15.2. The van der Waals surface area contributed by atoms with E-state index in [-0.39, 0.29) is 18.4 Å². The molecule has 0 aromatic heterocycles. The Kier molecular flexibility index (Phi) is 6.75. The van der Waals surface area contributed by atoms with Gasteiger partial charge in [0, 0.05) is 18.7 Å². The maximum atomic E-state index is 12.4. The summed E-state index contributed by atoms with van der Waals surface area (Å²) < 4.78 is 0. The van der Waals surface area contributed by atoms with Crippen molar-refractivity contribution in [3.63, 3.8) is 0 Å². The molecule has 2 aromatic rings. The van der Waals surface area contributed by atoms with Crippen LogP contribution in [0.3, 0.4) is 0 Å². The summed E-state index contributed by atoms with van der Waals surface area (Å²) in [5.74, 6) is 0.118. The van der Waals surface area contributed by atoms with Crippen LogP contribution in [0.4, 0.5) is 0 Å². The number of hydrogen-bond acceptors (Lipinski definition) is 2. The second kappa shape index (κ2) is 9.02. The van der Waals surface area contributed by atoms with Crippen LogP contribution < -0.4 is 5.32 Å². The van der Waals surface area contributed by atoms with Gasteiger partial charge in [-0.1, -0.05) is 56.3 Å². The van der Waals surface area contributed by atoms with Gasteiger partial charge in [0.1, 0.15) is 0 Å². The van der Waals surface area contributed by atoms with E-state index in [2.05, 4.69) is 19.2 Å². The van der Waals surface area contributed by atoms with E-state index >= 15 is 0 Å². The van der Waals surface area contributed by atoms with Crippen molar-refractivity contribution < 1.29 is 9.59 Å². The highest BCUT2D eigenvalue weighted by molar-refractivity contribution is 5.96. The van der Waals surface area contributed by atoms with Gasteiger partial charge in [-0.2, -0.15) is 0 Å². The molecule has 132 valence electrons. The number of benzene rings is 2. The molecule has 0 aliphatic carbocycles. The van der Waals surface area contributed by atoms with E-state index in [1.807, 2.05) is 49.4 Å². The Morgan fingerprint density at radius 2 is 1.64 bits per heavy atom. The summed E-state index contributed by atoms with van der Waals surface area (Å²) in [5.41, 5.74) is 2.84. The first-order chi connectivity index (χ1) is 12.0. The average Bonchev–Trinajstić information content (AvgIpc) is 2.64. The maximum Gasteiger partial charge on any atom is 0.251 e. The summed E-state index contributed by atoms with van der Waals surface area (Å²) in [4.78, 5) is 26.3. The molecule has 0 saturated heterocycles. The van der Waals surface area contributed by atoms with Crippen LogP contribution in [0, 0.1) is 0 Å². The van der Waals surface area contributed by atoms with Gasteiger partial charge in [0.15, 0.2) is 0 Å². The molecular formula is C21H26N2O2. The molecule has 1 N–H and O–H groups in total. The number of rotatable bonds is 7. The van der Waals surface area contributed by atoms with Crippen LogP contribution in [0.5, 0.6) is 0 Å². The van der Waals surface area contributed by atoms with Crippen molar-refractivity contribution >= 4 is 11.8 Å². The summed E-state index contributed by atoms with van der Waals surface area (Å²) in [6.45, 7) is 7.32. The van der Waals surface area contributed by atoms with Gasteiger partial charge in [-0.25, -0.2) is 0 Å². The molecule has 0 atom stereocenters. The number of carbonyl (C=O) groups is 2. The molecule has 2 rings (SSSR count). The van der Waals surface area contributed by atoms with Crippen molar-refractivity contribution in [1.82, 2.24) is 10.2 Å². The predicted molar refractivity (Wildman–Crippen MR) is 100 cm³/mol. The third kappa shape index (κ3) is 5.45. The fourth-order valence-electron chi connectivity index (χ4n) is 2.57. The van der Waals surface area contributed by atoms with E-state index in [4.69, 9.17) is 0 Å². The Balaban J connectivity index is 1.90. The smallest absolute Gasteiger partial charge is 0.251 e. The van der Waals surface area contributed by atoms with E-state index in [0.29, 0.717) is 24.6 Å². The van der Waals surface area contributed by atoms with Gasteiger partial charge in [0.05, 0.1) is 6.54 Å². The molecule has 0 aliphatic heterocycles. The number of likely N-dealkylation sites (N-methyl/N-ethyl adjacent to an activating group) is 1. The molecule has 0 spiro atoms. The third-order valence-electron chi connectivity index (χ3n) is 4.19. The third-order valence-corrected chi connectivity index (χ3v) is 4.19. The molecule has 0 aliphatic rings. The highest BCUT2D eigenvalue weighted by atomic mass is 16.2. The van der Waals surface area contributed by atoms with Crippen LogP contribution in [0.15, 0.2) is 54.6 Å². The molecule has 0 bridgehead atoms. The van der Waals surface area contributed by atoms with E-state index in [1.54, 1.807) is 17.0 Å². The lowest BCUT2D eigenvalue weighted by atomic mass is 10.0. The number of nitrogens with one attached hydrogen (secondary N) is 1. The predicted octanol–water partition coefficient (Wildman–Crippen LogP) is 3.59. The molecule has 0 saturated carbocycles. The topological polar surface area (TPSA) is 49.4 Å². The fourth-order valence-corrected chi connectivity index (χ4v) is 2.57. The van der Waals surface area contributed by atoms with Crippen LogP contribution in [0.2, 0.25) is 0 Å². The number of hydrogen-bond donors (Lipinski definition) is 1. The molecule has 0 radical (unpaired) electrons.